The number of nitrogens with zero attached hydrogens (tertiary/aromatic N) is 2. The van der Waals surface area contributed by atoms with Gasteiger partial charge in [-0.3, -0.25) is 14.6 Å². The molecule has 0 aliphatic carbocycles. The third kappa shape index (κ3) is 4.80. The van der Waals surface area contributed by atoms with Gasteiger partial charge in [0.15, 0.2) is 0 Å². The maximum Gasteiger partial charge on any atom is 0.250 e. The molecule has 2 heterocycles. The standard InChI is InChI=1S/C23H27N3O2/c27-23(21-16-20-8-4-5-9-22(20)28-18-21)24-10-11-25-12-14-26(15-13-25)17-19-6-2-1-3-7-19/h1-9,16H,10-15,17-18H2,(H,24,27). The summed E-state index contributed by atoms with van der Waals surface area (Å²) < 4.78 is 5.67. The van der Waals surface area contributed by atoms with Crippen molar-refractivity contribution in [1.29, 1.82) is 0 Å². The molecule has 5 heteroatoms. The van der Waals surface area contributed by atoms with Crippen molar-refractivity contribution in [2.75, 3.05) is 45.9 Å². The molecule has 1 amide bonds. The molecule has 0 atom stereocenters. The lowest BCUT2D eigenvalue weighted by Crippen LogP contribution is -2.48. The Morgan fingerprint density at radius 1 is 0.929 bits per heavy atom. The summed E-state index contributed by atoms with van der Waals surface area (Å²) >= 11 is 0. The quantitative estimate of drug-likeness (QED) is 0.840. The molecule has 0 bridgehead atoms. The lowest BCUT2D eigenvalue weighted by Gasteiger charge is -2.34. The van der Waals surface area contributed by atoms with E-state index in [1.54, 1.807) is 0 Å². The second-order valence-corrected chi connectivity index (χ2v) is 7.36. The van der Waals surface area contributed by atoms with Gasteiger partial charge in [-0.1, -0.05) is 48.5 Å². The number of amides is 1. The average molecular weight is 377 g/mol. The zero-order valence-corrected chi connectivity index (χ0v) is 16.1. The van der Waals surface area contributed by atoms with E-state index in [2.05, 4.69) is 45.4 Å². The number of piperazine rings is 1. The van der Waals surface area contributed by atoms with E-state index in [1.165, 1.54) is 5.56 Å². The Kier molecular flexibility index (Phi) is 6.04. The van der Waals surface area contributed by atoms with Gasteiger partial charge >= 0.3 is 0 Å². The number of para-hydroxylation sites is 1. The van der Waals surface area contributed by atoms with Gasteiger partial charge in [0.05, 0.1) is 5.57 Å². The van der Waals surface area contributed by atoms with Crippen molar-refractivity contribution in [3.8, 4) is 5.75 Å². The fraction of sp³-hybridized carbons (Fsp3) is 0.348. The first kappa shape index (κ1) is 18.7. The molecule has 1 saturated heterocycles. The van der Waals surface area contributed by atoms with Crippen molar-refractivity contribution in [3.05, 3.63) is 71.3 Å². The molecule has 2 aromatic rings. The Labute approximate surface area is 166 Å². The third-order valence-electron chi connectivity index (χ3n) is 5.35. The molecule has 2 aliphatic rings. The fourth-order valence-electron chi connectivity index (χ4n) is 3.70. The number of hydrogen-bond donors (Lipinski definition) is 1. The normalized spacial score (nSPS) is 17.4. The summed E-state index contributed by atoms with van der Waals surface area (Å²) in [5.74, 6) is 0.810. The van der Waals surface area contributed by atoms with Crippen LogP contribution in [0.15, 0.2) is 60.2 Å². The van der Waals surface area contributed by atoms with E-state index in [0.717, 1.165) is 50.6 Å². The van der Waals surface area contributed by atoms with Gasteiger partial charge in [-0.25, -0.2) is 0 Å². The highest BCUT2D eigenvalue weighted by molar-refractivity contribution is 5.99. The number of benzene rings is 2. The van der Waals surface area contributed by atoms with Crippen LogP contribution in [0.1, 0.15) is 11.1 Å². The van der Waals surface area contributed by atoms with Crippen LogP contribution in [-0.4, -0.2) is 61.6 Å². The number of hydrogen-bond acceptors (Lipinski definition) is 4. The predicted octanol–water partition coefficient (Wildman–Crippen LogP) is 2.40. The maximum absolute atomic E-state index is 12.4. The highest BCUT2D eigenvalue weighted by Gasteiger charge is 2.19. The summed E-state index contributed by atoms with van der Waals surface area (Å²) in [6.45, 7) is 7.12. The van der Waals surface area contributed by atoms with Gasteiger partial charge in [0.2, 0.25) is 0 Å². The molecule has 1 N–H and O–H groups in total. The molecule has 2 aromatic carbocycles. The largest absolute Gasteiger partial charge is 0.488 e. The van der Waals surface area contributed by atoms with E-state index < -0.39 is 0 Å². The lowest BCUT2D eigenvalue weighted by molar-refractivity contribution is -0.117. The van der Waals surface area contributed by atoms with Crippen LogP contribution in [-0.2, 0) is 11.3 Å². The van der Waals surface area contributed by atoms with E-state index in [4.69, 9.17) is 4.74 Å². The first-order valence-corrected chi connectivity index (χ1v) is 9.97. The highest BCUT2D eigenvalue weighted by atomic mass is 16.5. The first-order valence-electron chi connectivity index (χ1n) is 9.97. The van der Waals surface area contributed by atoms with Gasteiger partial charge in [-0.15, -0.1) is 0 Å². The van der Waals surface area contributed by atoms with Gasteiger partial charge in [0.1, 0.15) is 12.4 Å². The van der Waals surface area contributed by atoms with E-state index >= 15 is 0 Å². The molecule has 2 aliphatic heterocycles. The molecule has 0 saturated carbocycles. The first-order chi connectivity index (χ1) is 13.8. The highest BCUT2D eigenvalue weighted by Crippen LogP contribution is 2.25. The van der Waals surface area contributed by atoms with Gasteiger partial charge in [-0.2, -0.15) is 0 Å². The summed E-state index contributed by atoms with van der Waals surface area (Å²) in [7, 11) is 0. The Bertz CT molecular complexity index is 827. The Balaban J connectivity index is 1.18. The fourth-order valence-corrected chi connectivity index (χ4v) is 3.70. The Hall–Kier alpha value is -2.63. The van der Waals surface area contributed by atoms with E-state index in [1.807, 2.05) is 30.3 Å². The van der Waals surface area contributed by atoms with Gasteiger partial charge < -0.3 is 10.1 Å². The van der Waals surface area contributed by atoms with Crippen molar-refractivity contribution in [3.63, 3.8) is 0 Å². The van der Waals surface area contributed by atoms with Crippen molar-refractivity contribution in [2.24, 2.45) is 0 Å². The molecule has 5 nitrogen and oxygen atoms in total. The molecule has 4 rings (SSSR count). The summed E-state index contributed by atoms with van der Waals surface area (Å²) in [5, 5.41) is 3.04. The zero-order chi connectivity index (χ0) is 19.2. The van der Waals surface area contributed by atoms with Crippen LogP contribution in [0.5, 0.6) is 5.75 Å². The van der Waals surface area contributed by atoms with Crippen molar-refractivity contribution in [2.45, 2.75) is 6.54 Å². The molecule has 0 unspecified atom stereocenters. The molecule has 28 heavy (non-hydrogen) atoms. The molecule has 0 spiro atoms. The van der Waals surface area contributed by atoms with Gasteiger partial charge in [0, 0.05) is 51.4 Å². The van der Waals surface area contributed by atoms with E-state index in [9.17, 15) is 4.79 Å². The SMILES string of the molecule is O=C(NCCN1CCN(Cc2ccccc2)CC1)C1=Cc2ccccc2OC1. The number of rotatable bonds is 6. The van der Waals surface area contributed by atoms with Crippen molar-refractivity contribution < 1.29 is 9.53 Å². The van der Waals surface area contributed by atoms with Gasteiger partial charge in [0.25, 0.3) is 5.91 Å². The topological polar surface area (TPSA) is 44.8 Å². The monoisotopic (exact) mass is 377 g/mol. The van der Waals surface area contributed by atoms with Crippen LogP contribution in [0.3, 0.4) is 0 Å². The number of carbonyl (C=O) groups is 1. The predicted molar refractivity (Wildman–Crippen MR) is 111 cm³/mol. The molecule has 146 valence electrons. The zero-order valence-electron chi connectivity index (χ0n) is 16.1. The second-order valence-electron chi connectivity index (χ2n) is 7.36. The van der Waals surface area contributed by atoms with Crippen molar-refractivity contribution in [1.82, 2.24) is 15.1 Å². The van der Waals surface area contributed by atoms with Crippen molar-refractivity contribution >= 4 is 12.0 Å². The minimum atomic E-state index is -0.0304. The summed E-state index contributed by atoms with van der Waals surface area (Å²) in [4.78, 5) is 17.3. The summed E-state index contributed by atoms with van der Waals surface area (Å²) in [6.07, 6.45) is 1.93. The smallest absolute Gasteiger partial charge is 0.250 e. The number of ether oxygens (including phenoxy) is 1. The average Bonchev–Trinajstić information content (AvgIpc) is 2.75. The van der Waals surface area contributed by atoms with Crippen LogP contribution < -0.4 is 10.1 Å². The number of carbonyl (C=O) groups excluding carboxylic acids is 1. The molecule has 0 aromatic heterocycles. The van der Waals surface area contributed by atoms with E-state index in [-0.39, 0.29) is 5.91 Å². The molecule has 0 radical (unpaired) electrons. The van der Waals surface area contributed by atoms with Crippen LogP contribution >= 0.6 is 0 Å². The summed E-state index contributed by atoms with van der Waals surface area (Å²) in [6, 6.07) is 18.4. The third-order valence-corrected chi connectivity index (χ3v) is 5.35. The minimum absolute atomic E-state index is 0.0304. The molecule has 1 fully saturated rings. The molecular formula is C23H27N3O2. The second kappa shape index (κ2) is 9.04. The maximum atomic E-state index is 12.4. The lowest BCUT2D eigenvalue weighted by atomic mass is 10.1. The van der Waals surface area contributed by atoms with Crippen LogP contribution in [0.2, 0.25) is 0 Å². The minimum Gasteiger partial charge on any atom is -0.488 e. The Morgan fingerprint density at radius 3 is 2.46 bits per heavy atom. The molecular weight excluding hydrogens is 350 g/mol. The van der Waals surface area contributed by atoms with Crippen LogP contribution in [0, 0.1) is 0 Å². The number of nitrogens with one attached hydrogen (secondary N) is 1. The van der Waals surface area contributed by atoms with E-state index in [0.29, 0.717) is 18.7 Å². The summed E-state index contributed by atoms with van der Waals surface area (Å²) in [5.41, 5.74) is 3.02. The van der Waals surface area contributed by atoms with Gasteiger partial charge in [-0.05, 0) is 17.7 Å². The van der Waals surface area contributed by atoms with Crippen LogP contribution in [0.4, 0.5) is 0 Å². The number of fused-ring (bicyclic) bond motifs is 1. The Morgan fingerprint density at radius 2 is 1.64 bits per heavy atom. The van der Waals surface area contributed by atoms with Crippen LogP contribution in [0.25, 0.3) is 6.08 Å².